The van der Waals surface area contributed by atoms with Gasteiger partial charge >= 0.3 is 0 Å². The number of thioether (sulfide) groups is 1. The minimum absolute atomic E-state index is 0.951. The van der Waals surface area contributed by atoms with Crippen molar-refractivity contribution < 1.29 is 0 Å². The second-order valence-corrected chi connectivity index (χ2v) is 3.68. The molecular formula is C10H10N2S. The average molecular weight is 190 g/mol. The van der Waals surface area contributed by atoms with E-state index in [1.165, 1.54) is 16.2 Å². The molecule has 66 valence electrons. The third kappa shape index (κ3) is 1.80. The van der Waals surface area contributed by atoms with E-state index in [1.807, 2.05) is 18.5 Å². The third-order valence-corrected chi connectivity index (χ3v) is 2.70. The van der Waals surface area contributed by atoms with E-state index < -0.39 is 0 Å². The van der Waals surface area contributed by atoms with Gasteiger partial charge in [-0.1, -0.05) is 6.07 Å². The maximum absolute atomic E-state index is 4.30. The lowest BCUT2D eigenvalue weighted by Crippen LogP contribution is -1.88. The maximum Gasteiger partial charge on any atom is 0.0773 e. The van der Waals surface area contributed by atoms with Crippen molar-refractivity contribution in [1.29, 1.82) is 0 Å². The Morgan fingerprint density at radius 3 is 3.00 bits per heavy atom. The van der Waals surface area contributed by atoms with Crippen molar-refractivity contribution in [1.82, 2.24) is 4.98 Å². The minimum atomic E-state index is 0.951. The molecule has 0 N–H and O–H groups in total. The first-order valence-corrected chi connectivity index (χ1v) is 5.33. The Morgan fingerprint density at radius 1 is 1.46 bits per heavy atom. The molecule has 0 amide bonds. The smallest absolute Gasteiger partial charge is 0.0773 e. The highest BCUT2D eigenvalue weighted by Crippen LogP contribution is 2.25. The van der Waals surface area contributed by atoms with Crippen LogP contribution in [0.2, 0.25) is 0 Å². The summed E-state index contributed by atoms with van der Waals surface area (Å²) < 4.78 is 0. The van der Waals surface area contributed by atoms with E-state index in [2.05, 4.69) is 22.3 Å². The molecule has 0 saturated heterocycles. The molecule has 1 aromatic heterocycles. The molecule has 0 aromatic carbocycles. The zero-order valence-corrected chi connectivity index (χ0v) is 8.21. The predicted molar refractivity (Wildman–Crippen MR) is 57.8 cm³/mol. The monoisotopic (exact) mass is 190 g/mol. The molecule has 1 aromatic rings. The lowest BCUT2D eigenvalue weighted by Gasteiger charge is -2.00. The van der Waals surface area contributed by atoms with Gasteiger partial charge in [0.25, 0.3) is 0 Å². The molecule has 3 heteroatoms. The first-order valence-electron chi connectivity index (χ1n) is 4.10. The highest BCUT2D eigenvalue weighted by molar-refractivity contribution is 8.13. The Balaban J connectivity index is 2.16. The number of hydrogen-bond donors (Lipinski definition) is 0. The van der Waals surface area contributed by atoms with Crippen molar-refractivity contribution in [3.8, 4) is 0 Å². The first kappa shape index (κ1) is 8.51. The molecule has 2 nitrogen and oxygen atoms in total. The summed E-state index contributed by atoms with van der Waals surface area (Å²) in [7, 11) is 0. The van der Waals surface area contributed by atoms with Gasteiger partial charge in [-0.05, 0) is 23.5 Å². The van der Waals surface area contributed by atoms with Crippen molar-refractivity contribution in [2.45, 2.75) is 6.42 Å². The summed E-state index contributed by atoms with van der Waals surface area (Å²) in [6.45, 7) is 0. The van der Waals surface area contributed by atoms with E-state index >= 15 is 0 Å². The highest BCUT2D eigenvalue weighted by atomic mass is 32.2. The van der Waals surface area contributed by atoms with Gasteiger partial charge < -0.3 is 0 Å². The van der Waals surface area contributed by atoms with E-state index in [1.54, 1.807) is 18.0 Å². The Morgan fingerprint density at radius 2 is 2.38 bits per heavy atom. The van der Waals surface area contributed by atoms with Crippen LogP contribution in [0.1, 0.15) is 12.0 Å². The Labute approximate surface area is 81.8 Å². The zero-order chi connectivity index (χ0) is 9.10. The number of hydrogen-bond acceptors (Lipinski definition) is 3. The molecule has 0 fully saturated rings. The van der Waals surface area contributed by atoms with Crippen molar-refractivity contribution in [2.75, 3.05) is 6.26 Å². The van der Waals surface area contributed by atoms with Gasteiger partial charge in [0.1, 0.15) is 0 Å². The van der Waals surface area contributed by atoms with E-state index in [0.29, 0.717) is 0 Å². The van der Waals surface area contributed by atoms with Crippen LogP contribution >= 0.6 is 11.8 Å². The molecule has 0 saturated carbocycles. The fraction of sp³-hybridized carbons (Fsp3) is 0.200. The van der Waals surface area contributed by atoms with Gasteiger partial charge in [-0.15, -0.1) is 11.8 Å². The molecule has 0 atom stereocenters. The Bertz CT molecular complexity index is 354. The van der Waals surface area contributed by atoms with E-state index in [0.717, 1.165) is 6.42 Å². The maximum atomic E-state index is 4.30. The van der Waals surface area contributed by atoms with Crippen molar-refractivity contribution in [3.63, 3.8) is 0 Å². The van der Waals surface area contributed by atoms with Gasteiger partial charge in [0.15, 0.2) is 0 Å². The van der Waals surface area contributed by atoms with Crippen LogP contribution in [-0.2, 0) is 0 Å². The van der Waals surface area contributed by atoms with Crippen LogP contribution in [0.15, 0.2) is 35.7 Å². The first-order chi connectivity index (χ1) is 6.40. The highest BCUT2D eigenvalue weighted by Gasteiger charge is 2.10. The van der Waals surface area contributed by atoms with E-state index in [9.17, 15) is 0 Å². The summed E-state index contributed by atoms with van der Waals surface area (Å²) in [5, 5.41) is 1.18. The standard InChI is InChI=1S/C10H10N2S/c1-13-10-5-9(7-12-10)8-3-2-4-11-6-8/h2-4,6-7H,5H2,1H3. The lowest BCUT2D eigenvalue weighted by atomic mass is 10.1. The van der Waals surface area contributed by atoms with Crippen LogP contribution in [0.3, 0.4) is 0 Å². The molecule has 2 heterocycles. The van der Waals surface area contributed by atoms with Crippen LogP contribution in [0.5, 0.6) is 0 Å². The number of nitrogens with zero attached hydrogens (tertiary/aromatic N) is 2. The van der Waals surface area contributed by atoms with Crippen molar-refractivity contribution >= 4 is 22.4 Å². The van der Waals surface area contributed by atoms with Crippen LogP contribution < -0.4 is 0 Å². The number of aliphatic imine (C=N–C) groups is 1. The predicted octanol–water partition coefficient (Wildman–Crippen LogP) is 2.59. The zero-order valence-electron chi connectivity index (χ0n) is 7.40. The molecule has 1 aliphatic heterocycles. The minimum Gasteiger partial charge on any atom is -0.264 e. The number of pyridine rings is 1. The van der Waals surface area contributed by atoms with E-state index in [4.69, 9.17) is 0 Å². The largest absolute Gasteiger partial charge is 0.264 e. The summed E-state index contributed by atoms with van der Waals surface area (Å²) in [5.74, 6) is 0. The normalized spacial score (nSPS) is 15.5. The molecule has 0 unspecified atom stereocenters. The Hall–Kier alpha value is -1.09. The van der Waals surface area contributed by atoms with Gasteiger partial charge in [-0.2, -0.15) is 0 Å². The fourth-order valence-corrected chi connectivity index (χ4v) is 1.72. The number of rotatable bonds is 1. The SMILES string of the molecule is CSC1=NC=C(c2cccnc2)C1. The number of allylic oxidation sites excluding steroid dienone is 1. The quantitative estimate of drug-likeness (QED) is 0.680. The molecular weight excluding hydrogens is 180 g/mol. The van der Waals surface area contributed by atoms with Gasteiger partial charge in [0.05, 0.1) is 5.04 Å². The van der Waals surface area contributed by atoms with Crippen molar-refractivity contribution in [2.24, 2.45) is 4.99 Å². The molecule has 0 aliphatic carbocycles. The number of aromatic nitrogens is 1. The van der Waals surface area contributed by atoms with Crippen molar-refractivity contribution in [3.05, 3.63) is 36.3 Å². The second kappa shape index (κ2) is 3.75. The summed E-state index contributed by atoms with van der Waals surface area (Å²) in [5.41, 5.74) is 2.44. The third-order valence-electron chi connectivity index (χ3n) is 1.97. The van der Waals surface area contributed by atoms with Crippen LogP contribution in [0.25, 0.3) is 5.57 Å². The van der Waals surface area contributed by atoms with Crippen LogP contribution in [0.4, 0.5) is 0 Å². The molecule has 13 heavy (non-hydrogen) atoms. The molecule has 0 bridgehead atoms. The van der Waals surface area contributed by atoms with Gasteiger partial charge in [-0.25, -0.2) is 0 Å². The Kier molecular flexibility index (Phi) is 2.45. The van der Waals surface area contributed by atoms with E-state index in [-0.39, 0.29) is 0 Å². The average Bonchev–Trinajstić information content (AvgIpc) is 2.67. The summed E-state index contributed by atoms with van der Waals surface area (Å²) in [4.78, 5) is 8.38. The topological polar surface area (TPSA) is 25.2 Å². The van der Waals surface area contributed by atoms with Crippen LogP contribution in [0, 0.1) is 0 Å². The fourth-order valence-electron chi connectivity index (χ4n) is 1.26. The van der Waals surface area contributed by atoms with Gasteiger partial charge in [-0.3, -0.25) is 9.98 Å². The summed E-state index contributed by atoms with van der Waals surface area (Å²) >= 11 is 1.71. The second-order valence-electron chi connectivity index (χ2n) is 2.80. The lowest BCUT2D eigenvalue weighted by molar-refractivity contribution is 1.30. The molecule has 1 aliphatic rings. The van der Waals surface area contributed by atoms with Crippen LogP contribution in [-0.4, -0.2) is 16.3 Å². The van der Waals surface area contributed by atoms with Gasteiger partial charge in [0, 0.05) is 25.0 Å². The molecule has 2 rings (SSSR count). The summed E-state index contributed by atoms with van der Waals surface area (Å²) in [6, 6.07) is 4.02. The van der Waals surface area contributed by atoms with Gasteiger partial charge in [0.2, 0.25) is 0 Å². The molecule has 0 radical (unpaired) electrons. The molecule has 0 spiro atoms. The summed E-state index contributed by atoms with van der Waals surface area (Å²) in [6.07, 6.45) is 8.61.